The van der Waals surface area contributed by atoms with Crippen LogP contribution in [0.3, 0.4) is 0 Å². The number of fused-ring (bicyclic) bond motifs is 2. The second-order valence-corrected chi connectivity index (χ2v) is 5.99. The maximum absolute atomic E-state index is 12.4. The van der Waals surface area contributed by atoms with E-state index in [1.165, 1.54) is 6.08 Å². The van der Waals surface area contributed by atoms with E-state index in [-0.39, 0.29) is 23.8 Å². The summed E-state index contributed by atoms with van der Waals surface area (Å²) in [5.41, 5.74) is 5.89. The molecule has 1 amide bonds. The van der Waals surface area contributed by atoms with E-state index >= 15 is 0 Å². The number of carbonyl (C=O) groups excluding carboxylic acids is 1. The third-order valence-corrected chi connectivity index (χ3v) is 4.39. The Morgan fingerprint density at radius 3 is 2.75 bits per heavy atom. The zero-order valence-electron chi connectivity index (χ0n) is 12.9. The molecule has 2 heterocycles. The van der Waals surface area contributed by atoms with E-state index in [2.05, 4.69) is 12.0 Å². The highest BCUT2D eigenvalue weighted by Gasteiger charge is 2.59. The van der Waals surface area contributed by atoms with Gasteiger partial charge >= 0.3 is 0 Å². The SMILES string of the molecule is C=C1c2ccccc2C2(CO2)N1NC(=O)CC1=CC(=N)C(=N)C=C1. The number of amides is 1. The number of rotatable bonds is 3. The molecule has 6 nitrogen and oxygen atoms in total. The van der Waals surface area contributed by atoms with Crippen LogP contribution in [0.15, 0.2) is 54.6 Å². The highest BCUT2D eigenvalue weighted by atomic mass is 16.6. The highest BCUT2D eigenvalue weighted by Crippen LogP contribution is 2.52. The second-order valence-electron chi connectivity index (χ2n) is 5.99. The fraction of sp³-hybridized carbons (Fsp3) is 0.167. The Kier molecular flexibility index (Phi) is 3.04. The number of epoxide rings is 1. The molecule has 24 heavy (non-hydrogen) atoms. The largest absolute Gasteiger partial charge is 0.342 e. The van der Waals surface area contributed by atoms with Crippen molar-refractivity contribution in [2.75, 3.05) is 6.61 Å². The van der Waals surface area contributed by atoms with Gasteiger partial charge in [-0.15, -0.1) is 0 Å². The van der Waals surface area contributed by atoms with Gasteiger partial charge in [0, 0.05) is 11.1 Å². The van der Waals surface area contributed by atoms with Crippen LogP contribution in [0.2, 0.25) is 0 Å². The molecular weight excluding hydrogens is 304 g/mol. The quantitative estimate of drug-likeness (QED) is 0.588. The molecule has 1 aliphatic carbocycles. The lowest BCUT2D eigenvalue weighted by Gasteiger charge is -2.25. The highest BCUT2D eigenvalue weighted by molar-refractivity contribution is 6.49. The molecule has 1 fully saturated rings. The van der Waals surface area contributed by atoms with Crippen molar-refractivity contribution in [2.24, 2.45) is 0 Å². The summed E-state index contributed by atoms with van der Waals surface area (Å²) in [5, 5.41) is 16.9. The van der Waals surface area contributed by atoms with Crippen LogP contribution in [0.25, 0.3) is 5.70 Å². The van der Waals surface area contributed by atoms with E-state index < -0.39 is 5.72 Å². The lowest BCUT2D eigenvalue weighted by molar-refractivity contribution is -0.125. The minimum Gasteiger partial charge on any atom is -0.342 e. The summed E-state index contributed by atoms with van der Waals surface area (Å²) in [6.07, 6.45) is 4.89. The number of hydrogen-bond donors (Lipinski definition) is 3. The van der Waals surface area contributed by atoms with Crippen LogP contribution < -0.4 is 5.43 Å². The van der Waals surface area contributed by atoms with Crippen molar-refractivity contribution in [1.82, 2.24) is 10.4 Å². The van der Waals surface area contributed by atoms with E-state index in [1.54, 1.807) is 17.2 Å². The first kappa shape index (κ1) is 14.6. The molecule has 3 aliphatic rings. The van der Waals surface area contributed by atoms with Crippen LogP contribution in [0.5, 0.6) is 0 Å². The van der Waals surface area contributed by atoms with Gasteiger partial charge in [-0.3, -0.25) is 21.0 Å². The van der Waals surface area contributed by atoms with Crippen molar-refractivity contribution in [1.29, 1.82) is 10.8 Å². The third kappa shape index (κ3) is 2.11. The molecule has 2 aliphatic heterocycles. The molecule has 0 saturated carbocycles. The van der Waals surface area contributed by atoms with Gasteiger partial charge in [0.1, 0.15) is 6.61 Å². The van der Waals surface area contributed by atoms with Crippen LogP contribution in [0.4, 0.5) is 0 Å². The zero-order chi connectivity index (χ0) is 16.9. The van der Waals surface area contributed by atoms with Gasteiger partial charge in [0.25, 0.3) is 0 Å². The molecule has 1 spiro atoms. The maximum atomic E-state index is 12.4. The molecular formula is C18H16N4O2. The predicted octanol–water partition coefficient (Wildman–Crippen LogP) is 2.11. The number of allylic oxidation sites excluding steroid dienone is 3. The molecule has 6 heteroatoms. The normalized spacial score (nSPS) is 24.2. The maximum Gasteiger partial charge on any atom is 0.243 e. The summed E-state index contributed by atoms with van der Waals surface area (Å²) in [6, 6.07) is 7.83. The first-order chi connectivity index (χ1) is 11.5. The fourth-order valence-electron chi connectivity index (χ4n) is 3.10. The molecule has 120 valence electrons. The zero-order valence-corrected chi connectivity index (χ0v) is 12.9. The second kappa shape index (κ2) is 5.01. The summed E-state index contributed by atoms with van der Waals surface area (Å²) in [4.78, 5) is 12.4. The Hall–Kier alpha value is -2.99. The number of carbonyl (C=O) groups is 1. The molecule has 1 saturated heterocycles. The van der Waals surface area contributed by atoms with Gasteiger partial charge in [0.05, 0.1) is 23.5 Å². The summed E-state index contributed by atoms with van der Waals surface area (Å²) in [5.74, 6) is -0.212. The number of nitrogens with one attached hydrogen (secondary N) is 3. The average Bonchev–Trinajstić information content (AvgIpc) is 3.33. The number of hydrazine groups is 1. The topological polar surface area (TPSA) is 92.6 Å². The Morgan fingerprint density at radius 1 is 1.29 bits per heavy atom. The molecule has 1 atom stereocenters. The van der Waals surface area contributed by atoms with E-state index in [1.807, 2.05) is 24.3 Å². The van der Waals surface area contributed by atoms with Gasteiger partial charge in [-0.25, -0.2) is 5.01 Å². The van der Waals surface area contributed by atoms with Crippen LogP contribution in [0, 0.1) is 10.8 Å². The Morgan fingerprint density at radius 2 is 2.04 bits per heavy atom. The van der Waals surface area contributed by atoms with E-state index in [9.17, 15) is 4.79 Å². The van der Waals surface area contributed by atoms with Crippen molar-refractivity contribution in [2.45, 2.75) is 12.1 Å². The van der Waals surface area contributed by atoms with Gasteiger partial charge in [0.2, 0.25) is 11.6 Å². The van der Waals surface area contributed by atoms with Gasteiger partial charge in [0.15, 0.2) is 0 Å². The van der Waals surface area contributed by atoms with Gasteiger partial charge in [-0.1, -0.05) is 36.9 Å². The number of benzene rings is 1. The van der Waals surface area contributed by atoms with Gasteiger partial charge in [-0.2, -0.15) is 0 Å². The van der Waals surface area contributed by atoms with Crippen LogP contribution in [-0.2, 0) is 15.3 Å². The Bertz CT molecular complexity index is 862. The standard InChI is InChI=1S/C18H16N4O2/c1-11-13-4-2-3-5-14(13)18(10-24-18)22(11)21-17(23)9-12-6-7-15(19)16(20)8-12/h2-8,19-20H,1,9-10H2,(H,21,23). The molecule has 3 N–H and O–H groups in total. The number of ether oxygens (including phenoxy) is 1. The van der Waals surface area contributed by atoms with Crippen molar-refractivity contribution in [3.8, 4) is 0 Å². The number of hydrogen-bond acceptors (Lipinski definition) is 5. The average molecular weight is 320 g/mol. The fourth-order valence-corrected chi connectivity index (χ4v) is 3.10. The lowest BCUT2D eigenvalue weighted by Crippen LogP contribution is -2.44. The first-order valence-corrected chi connectivity index (χ1v) is 7.60. The van der Waals surface area contributed by atoms with Crippen molar-refractivity contribution in [3.63, 3.8) is 0 Å². The summed E-state index contributed by atoms with van der Waals surface area (Å²) in [6.45, 7) is 4.58. The Labute approximate surface area is 139 Å². The van der Waals surface area contributed by atoms with E-state index in [0.29, 0.717) is 17.9 Å². The molecule has 0 radical (unpaired) electrons. The molecule has 1 unspecified atom stereocenters. The van der Waals surface area contributed by atoms with Gasteiger partial charge < -0.3 is 4.74 Å². The molecule has 4 rings (SSSR count). The molecule has 1 aromatic rings. The molecule has 0 aromatic heterocycles. The minimum atomic E-state index is -0.630. The van der Waals surface area contributed by atoms with Crippen molar-refractivity contribution < 1.29 is 9.53 Å². The van der Waals surface area contributed by atoms with Crippen LogP contribution >= 0.6 is 0 Å². The summed E-state index contributed by atoms with van der Waals surface area (Å²) < 4.78 is 5.65. The monoisotopic (exact) mass is 320 g/mol. The van der Waals surface area contributed by atoms with Crippen molar-refractivity contribution >= 4 is 23.0 Å². The van der Waals surface area contributed by atoms with Crippen LogP contribution in [-0.4, -0.2) is 28.9 Å². The predicted molar refractivity (Wildman–Crippen MR) is 90.4 cm³/mol. The van der Waals surface area contributed by atoms with E-state index in [0.717, 1.165) is 11.1 Å². The first-order valence-electron chi connectivity index (χ1n) is 7.60. The van der Waals surface area contributed by atoms with Crippen molar-refractivity contribution in [3.05, 3.63) is 65.8 Å². The molecule has 1 aromatic carbocycles. The smallest absolute Gasteiger partial charge is 0.243 e. The lowest BCUT2D eigenvalue weighted by atomic mass is 10.0. The third-order valence-electron chi connectivity index (χ3n) is 4.39. The summed E-state index contributed by atoms with van der Waals surface area (Å²) in [7, 11) is 0. The minimum absolute atomic E-state index is 0.111. The number of nitrogens with zero attached hydrogens (tertiary/aromatic N) is 1. The van der Waals surface area contributed by atoms with E-state index in [4.69, 9.17) is 15.6 Å². The molecule has 0 bridgehead atoms. The summed E-state index contributed by atoms with van der Waals surface area (Å²) >= 11 is 0. The Balaban J connectivity index is 1.51. The van der Waals surface area contributed by atoms with Crippen LogP contribution in [0.1, 0.15) is 17.5 Å². The van der Waals surface area contributed by atoms with Gasteiger partial charge in [-0.05, 0) is 17.7 Å².